The zero-order chi connectivity index (χ0) is 75.5. The van der Waals surface area contributed by atoms with Gasteiger partial charge < -0.3 is 89.9 Å². The molecule has 1 heterocycles. The lowest BCUT2D eigenvalue weighted by Gasteiger charge is -2.19. The number of fused-ring (bicyclic) bond motifs is 1. The molecule has 98 heavy (non-hydrogen) atoms. The number of nitrogens with one attached hydrogen (secondary N) is 2. The summed E-state index contributed by atoms with van der Waals surface area (Å²) < 4.78 is 99.5. The van der Waals surface area contributed by atoms with Crippen LogP contribution in [0.3, 0.4) is 0 Å². The van der Waals surface area contributed by atoms with Crippen LogP contribution in [-0.4, -0.2) is 301 Å². The minimum Gasteiger partial charge on any atom is -0.444 e. The molecular weight excluding hydrogens is 1350 g/mol. The van der Waals surface area contributed by atoms with Crippen molar-refractivity contribution in [1.82, 2.24) is 15.5 Å². The molecule has 0 radical (unpaired) electrons. The number of nitrogens with two attached hydrogens (primary N) is 2. The Morgan fingerprint density at radius 3 is 1.00 bits per heavy atom. The second-order valence-electron chi connectivity index (χ2n) is 19.4. The van der Waals surface area contributed by atoms with Crippen LogP contribution < -0.4 is 22.1 Å². The van der Waals surface area contributed by atoms with Crippen molar-refractivity contribution >= 4 is 44.2 Å². The zero-order valence-electron chi connectivity index (χ0n) is 57.0. The predicted octanol–water partition coefficient (Wildman–Crippen LogP) is 2.76. The number of rotatable bonds is 44. The van der Waals surface area contributed by atoms with Crippen molar-refractivity contribution in [2.24, 2.45) is 37.0 Å². The van der Waals surface area contributed by atoms with Gasteiger partial charge in [0.05, 0.1) is 176 Å². The van der Waals surface area contributed by atoms with Crippen molar-refractivity contribution in [1.29, 1.82) is 0 Å². The number of aliphatic hydroxyl groups is 4. The summed E-state index contributed by atoms with van der Waals surface area (Å²) in [4.78, 5) is 60.0. The van der Waals surface area contributed by atoms with Gasteiger partial charge in [-0.05, 0) is 81.3 Å². The maximum atomic E-state index is 12.0. The summed E-state index contributed by atoms with van der Waals surface area (Å²) in [5.41, 5.74) is 49.7. The monoisotopic (exact) mass is 1450 g/mol. The average molecular weight is 1460 g/mol. The molecule has 0 saturated heterocycles. The zero-order valence-corrected chi connectivity index (χ0v) is 58.7. The lowest BCUT2D eigenvalue weighted by atomic mass is 10.1. The number of benzene rings is 1. The van der Waals surface area contributed by atoms with E-state index in [1.54, 1.807) is 45.0 Å². The highest BCUT2D eigenvalue weighted by atomic mass is 32.2. The van der Waals surface area contributed by atoms with Crippen molar-refractivity contribution in [3.05, 3.63) is 87.6 Å². The van der Waals surface area contributed by atoms with Crippen molar-refractivity contribution in [3.63, 3.8) is 0 Å². The summed E-state index contributed by atoms with van der Waals surface area (Å²) in [6.45, 7) is 19.6. The number of amides is 4. The first kappa shape index (κ1) is 102. The van der Waals surface area contributed by atoms with Crippen LogP contribution in [0.5, 0.6) is 0 Å². The third-order valence-corrected chi connectivity index (χ3v) is 9.87. The average Bonchev–Trinajstić information content (AvgIpc) is 1.64. The third-order valence-electron chi connectivity index (χ3n) is 8.68. The first-order valence-corrected chi connectivity index (χ1v) is 33.2. The molecule has 0 atom stereocenters. The molecule has 0 saturated carbocycles. The molecule has 44 nitrogen and oxygen atoms in total. The summed E-state index contributed by atoms with van der Waals surface area (Å²) in [7, 11) is -6.74. The molecule has 1 aromatic carbocycles. The van der Waals surface area contributed by atoms with Crippen LogP contribution in [0.4, 0.5) is 9.59 Å². The van der Waals surface area contributed by atoms with Gasteiger partial charge in [-0.1, -0.05) is 37.7 Å². The molecule has 0 spiro atoms. The fraction of sp³-hybridized carbons (Fsp3) is 0.808. The fourth-order valence-corrected chi connectivity index (χ4v) is 5.90. The predicted molar refractivity (Wildman–Crippen MR) is 355 cm³/mol. The number of hydrogen-bond acceptors (Lipinski definition) is 31. The number of imide groups is 1. The molecular formula is C52H102N20O24S2. The Morgan fingerprint density at radius 1 is 0.449 bits per heavy atom. The maximum Gasteiger partial charge on any atom is 0.407 e. The van der Waals surface area contributed by atoms with Gasteiger partial charge in [-0.3, -0.25) is 22.9 Å². The number of alkyl carbamates (subject to hydrolysis) is 2. The molecule has 1 aromatic rings. The molecule has 1 aliphatic rings. The lowest BCUT2D eigenvalue weighted by Crippen LogP contribution is -2.34. The van der Waals surface area contributed by atoms with E-state index in [0.717, 1.165) is 17.4 Å². The maximum absolute atomic E-state index is 12.0. The van der Waals surface area contributed by atoms with E-state index in [2.05, 4.69) is 73.9 Å². The van der Waals surface area contributed by atoms with E-state index in [4.69, 9.17) is 102 Å². The van der Waals surface area contributed by atoms with E-state index >= 15 is 0 Å². The topological polar surface area (TPSA) is 651 Å². The quantitative estimate of drug-likeness (QED) is 0.0116. The van der Waals surface area contributed by atoms with Crippen LogP contribution in [0, 0.1) is 0 Å². The summed E-state index contributed by atoms with van der Waals surface area (Å²) in [5.74, 6) is -0.585. The highest BCUT2D eigenvalue weighted by Crippen LogP contribution is 2.22. The van der Waals surface area contributed by atoms with Crippen LogP contribution in [0.15, 0.2) is 49.8 Å². The van der Waals surface area contributed by atoms with Crippen molar-refractivity contribution < 1.29 is 112 Å². The van der Waals surface area contributed by atoms with Gasteiger partial charge in [0.2, 0.25) is 0 Å². The molecule has 0 unspecified atom stereocenters. The Hall–Kier alpha value is -7.29. The first-order chi connectivity index (χ1) is 46.5. The second-order valence-corrected chi connectivity index (χ2v) is 22.6. The van der Waals surface area contributed by atoms with Crippen LogP contribution in [-0.2, 0) is 76.0 Å². The highest BCUT2D eigenvalue weighted by Gasteiger charge is 2.34. The van der Waals surface area contributed by atoms with Crippen molar-refractivity contribution in [2.45, 2.75) is 52.7 Å². The summed E-state index contributed by atoms with van der Waals surface area (Å²) in [6.07, 6.45) is 1.05. The SMILES string of the molecule is CC(C)(C)OC(=O)NCCOCCN.CC(C)(C)OC(=O)NCCOCCN=[N+]=[N-].CS(=O)(=O)OCCOCCN=[N+]=[N-].CS(=O)(=O)OCCOCCO.OCCOCCO.[N-]=[N+]=NCCOCCN.[N-]=[N+]=NCCOCCN1C(=O)c2ccccc2C1=O.[N-]=[N+]=NCCOCCO. The number of carbonyl (C=O) groups excluding carboxylic acids is 4. The van der Waals surface area contributed by atoms with Crippen LogP contribution in [0.25, 0.3) is 52.2 Å². The van der Waals surface area contributed by atoms with Gasteiger partial charge in [-0.25, -0.2) is 9.59 Å². The number of carbonyl (C=O) groups is 4. The first-order valence-electron chi connectivity index (χ1n) is 29.6. The van der Waals surface area contributed by atoms with Gasteiger partial charge in [-0.2, -0.15) is 16.8 Å². The van der Waals surface area contributed by atoms with Crippen LogP contribution in [0.2, 0.25) is 0 Å². The summed E-state index contributed by atoms with van der Waals surface area (Å²) >= 11 is 0. The van der Waals surface area contributed by atoms with Crippen LogP contribution in [0.1, 0.15) is 62.3 Å². The number of aliphatic hydroxyl groups excluding tert-OH is 4. The van der Waals surface area contributed by atoms with Gasteiger partial charge in [0.1, 0.15) is 11.2 Å². The second kappa shape index (κ2) is 73.9. The van der Waals surface area contributed by atoms with Gasteiger partial charge in [0.15, 0.2) is 0 Å². The molecule has 0 fully saturated rings. The molecule has 566 valence electrons. The largest absolute Gasteiger partial charge is 0.444 e. The van der Waals surface area contributed by atoms with E-state index in [-0.39, 0.29) is 111 Å². The standard InChI is InChI=1S/C12H12N4O3.C9H18N4O3.C9H20N2O3.C5H11N3O4S.C5H12O5S.C4H10N4O.C4H9N3O2.C4H10O3/c13-15-14-5-7-19-8-6-16-11(17)9-3-1-2-4-10(9)12(16)18;1-9(2,3)16-8(14)11-4-6-15-7-5-12-13-10;1-9(2,3)14-8(12)11-5-7-13-6-4-10;1-13(9,10)12-5-4-11-3-2-7-8-6;1-11(7,8)10-5-4-9-3-2-6;5-1-3-9-4-2-7-8-6;5-7-6-1-3-9-4-2-8;5-1-3-7-4-2-6/h1-4H,5-8H2;4-7H2,1-3H3,(H,11,14);4-7,10H2,1-3H3,(H,11,12);2-5H2,1H3;6H,2-5H2,1H3;1-5H2;8H,1-4H2;5-6H,1-4H2. The van der Waals surface area contributed by atoms with Gasteiger partial charge >= 0.3 is 12.2 Å². The lowest BCUT2D eigenvalue weighted by molar-refractivity contribution is 0.0491. The molecule has 2 rings (SSSR count). The number of azide groups is 5. The minimum absolute atomic E-state index is 0.00116. The van der Waals surface area contributed by atoms with Gasteiger partial charge in [-0.15, -0.1) is 0 Å². The number of hydrogen-bond donors (Lipinski definition) is 8. The molecule has 0 aliphatic carbocycles. The fourth-order valence-electron chi connectivity index (χ4n) is 5.16. The molecule has 0 bridgehead atoms. The molecule has 0 aromatic heterocycles. The molecule has 4 amide bonds. The Morgan fingerprint density at radius 2 is 0.714 bits per heavy atom. The Balaban J connectivity index is -0.000000251. The number of ether oxygens (including phenoxy) is 10. The third kappa shape index (κ3) is 88.7. The molecule has 46 heteroatoms. The molecule has 10 N–H and O–H groups in total. The highest BCUT2D eigenvalue weighted by molar-refractivity contribution is 7.86. The Kier molecular flexibility index (Phi) is 76.8. The van der Waals surface area contributed by atoms with E-state index < -0.39 is 43.6 Å². The van der Waals surface area contributed by atoms with E-state index in [9.17, 15) is 36.0 Å². The summed E-state index contributed by atoms with van der Waals surface area (Å²) in [6, 6.07) is 6.73. The Bertz CT molecular complexity index is 2570. The van der Waals surface area contributed by atoms with Gasteiger partial charge in [0.25, 0.3) is 32.1 Å². The van der Waals surface area contributed by atoms with Crippen molar-refractivity contribution in [2.75, 3.05) is 223 Å². The van der Waals surface area contributed by atoms with Crippen LogP contribution >= 0.6 is 0 Å². The molecule has 1 aliphatic heterocycles. The Labute approximate surface area is 570 Å². The minimum atomic E-state index is -3.38. The normalized spacial score (nSPS) is 10.9. The smallest absolute Gasteiger partial charge is 0.407 e. The van der Waals surface area contributed by atoms with Gasteiger partial charge in [0, 0.05) is 83.5 Å². The van der Waals surface area contributed by atoms with E-state index in [1.807, 2.05) is 20.8 Å². The van der Waals surface area contributed by atoms with E-state index in [1.165, 1.54) is 0 Å². The van der Waals surface area contributed by atoms with Crippen molar-refractivity contribution in [3.8, 4) is 0 Å². The number of nitrogens with zero attached hydrogens (tertiary/aromatic N) is 16. The van der Waals surface area contributed by atoms with E-state index in [0.29, 0.717) is 123 Å². The summed E-state index contributed by atoms with van der Waals surface area (Å²) in [5, 5.41) is 54.0.